The van der Waals surface area contributed by atoms with Gasteiger partial charge in [-0.3, -0.25) is 14.8 Å². The SMILES string of the molecule is CCCOc1ccc(C(=O)N2CC[C@@H]2C(=O)NO)cc1SC(F)(F)F. The molecule has 1 atom stereocenters. The first-order valence-electron chi connectivity index (χ1n) is 7.54. The molecule has 10 heteroatoms. The molecule has 1 fully saturated rings. The minimum atomic E-state index is -4.53. The number of halogens is 3. The number of carbonyl (C=O) groups is 2. The highest BCUT2D eigenvalue weighted by Gasteiger charge is 2.38. The van der Waals surface area contributed by atoms with Crippen LogP contribution in [0.5, 0.6) is 5.75 Å². The van der Waals surface area contributed by atoms with Crippen LogP contribution >= 0.6 is 11.8 Å². The summed E-state index contributed by atoms with van der Waals surface area (Å²) in [5, 5.41) is 8.65. The first-order chi connectivity index (χ1) is 11.8. The van der Waals surface area contributed by atoms with E-state index in [9.17, 15) is 22.8 Å². The van der Waals surface area contributed by atoms with E-state index in [1.54, 1.807) is 0 Å². The van der Waals surface area contributed by atoms with Gasteiger partial charge in [0.1, 0.15) is 11.8 Å². The topological polar surface area (TPSA) is 78.9 Å². The fourth-order valence-electron chi connectivity index (χ4n) is 2.32. The summed E-state index contributed by atoms with van der Waals surface area (Å²) in [6.45, 7) is 2.36. The van der Waals surface area contributed by atoms with E-state index in [-0.39, 0.29) is 41.1 Å². The molecular formula is C15H17F3N2O4S. The van der Waals surface area contributed by atoms with Crippen molar-refractivity contribution in [3.8, 4) is 5.75 Å². The molecule has 0 saturated carbocycles. The van der Waals surface area contributed by atoms with E-state index in [0.717, 1.165) is 6.07 Å². The van der Waals surface area contributed by atoms with Gasteiger partial charge in [-0.15, -0.1) is 0 Å². The highest BCUT2D eigenvalue weighted by molar-refractivity contribution is 8.00. The molecule has 2 N–H and O–H groups in total. The van der Waals surface area contributed by atoms with Gasteiger partial charge in [-0.25, -0.2) is 5.48 Å². The molecule has 1 aliphatic rings. The molecule has 1 aromatic carbocycles. The zero-order valence-corrected chi connectivity index (χ0v) is 14.1. The third kappa shape index (κ3) is 4.79. The molecule has 138 valence electrons. The number of carbonyl (C=O) groups excluding carboxylic acids is 2. The maximum Gasteiger partial charge on any atom is 0.446 e. The van der Waals surface area contributed by atoms with Crippen molar-refractivity contribution in [1.29, 1.82) is 0 Å². The summed E-state index contributed by atoms with van der Waals surface area (Å²) in [6, 6.07) is 2.96. The number of hydrogen-bond acceptors (Lipinski definition) is 5. The highest BCUT2D eigenvalue weighted by atomic mass is 32.2. The Morgan fingerprint density at radius 1 is 1.44 bits per heavy atom. The van der Waals surface area contributed by atoms with Crippen LogP contribution in [0.3, 0.4) is 0 Å². The molecule has 6 nitrogen and oxygen atoms in total. The van der Waals surface area contributed by atoms with E-state index in [4.69, 9.17) is 9.94 Å². The molecule has 25 heavy (non-hydrogen) atoms. The number of ether oxygens (including phenoxy) is 1. The average molecular weight is 378 g/mol. The fraction of sp³-hybridized carbons (Fsp3) is 0.467. The van der Waals surface area contributed by atoms with Crippen LogP contribution in [0, 0.1) is 0 Å². The lowest BCUT2D eigenvalue weighted by atomic mass is 10.0. The number of amides is 2. The summed E-state index contributed by atoms with van der Waals surface area (Å²) >= 11 is -0.357. The summed E-state index contributed by atoms with van der Waals surface area (Å²) in [7, 11) is 0. The van der Waals surface area contributed by atoms with Crippen LogP contribution in [-0.2, 0) is 4.79 Å². The minimum absolute atomic E-state index is 0.0195. The Hall–Kier alpha value is -1.94. The van der Waals surface area contributed by atoms with Crippen LogP contribution in [0.25, 0.3) is 0 Å². The molecule has 0 radical (unpaired) electrons. The molecule has 2 amide bonds. The third-order valence-electron chi connectivity index (χ3n) is 3.57. The lowest BCUT2D eigenvalue weighted by Gasteiger charge is -2.39. The average Bonchev–Trinajstić information content (AvgIpc) is 2.50. The molecule has 2 rings (SSSR count). The van der Waals surface area contributed by atoms with Crippen molar-refractivity contribution in [3.05, 3.63) is 23.8 Å². The number of thioether (sulfide) groups is 1. The van der Waals surface area contributed by atoms with Crippen LogP contribution < -0.4 is 10.2 Å². The van der Waals surface area contributed by atoms with Gasteiger partial charge >= 0.3 is 5.51 Å². The van der Waals surface area contributed by atoms with Crippen LogP contribution in [-0.4, -0.2) is 46.6 Å². The van der Waals surface area contributed by atoms with Gasteiger partial charge in [0.2, 0.25) is 0 Å². The molecule has 0 bridgehead atoms. The van der Waals surface area contributed by atoms with Gasteiger partial charge in [-0.05, 0) is 42.8 Å². The van der Waals surface area contributed by atoms with Crippen molar-refractivity contribution in [1.82, 2.24) is 10.4 Å². The maximum absolute atomic E-state index is 12.8. The Balaban J connectivity index is 2.24. The molecule has 1 heterocycles. The van der Waals surface area contributed by atoms with Gasteiger partial charge < -0.3 is 9.64 Å². The summed E-state index contributed by atoms with van der Waals surface area (Å²) in [6.07, 6.45) is 1.00. The lowest BCUT2D eigenvalue weighted by Crippen LogP contribution is -2.57. The van der Waals surface area contributed by atoms with E-state index in [2.05, 4.69) is 0 Å². The van der Waals surface area contributed by atoms with Crippen LogP contribution in [0.1, 0.15) is 30.1 Å². The number of alkyl halides is 3. The van der Waals surface area contributed by atoms with Gasteiger partial charge in [0.05, 0.1) is 11.5 Å². The normalized spacial score (nSPS) is 17.0. The smallest absolute Gasteiger partial charge is 0.446 e. The molecule has 1 aliphatic heterocycles. The summed E-state index contributed by atoms with van der Waals surface area (Å²) in [5.74, 6) is -1.26. The zero-order valence-electron chi connectivity index (χ0n) is 13.3. The van der Waals surface area contributed by atoms with E-state index >= 15 is 0 Å². The van der Waals surface area contributed by atoms with Crippen molar-refractivity contribution < 1.29 is 32.7 Å². The highest BCUT2D eigenvalue weighted by Crippen LogP contribution is 2.42. The Kier molecular flexibility index (Phi) is 6.17. The van der Waals surface area contributed by atoms with Crippen molar-refractivity contribution in [3.63, 3.8) is 0 Å². The second-order valence-electron chi connectivity index (χ2n) is 5.34. The Bertz CT molecular complexity index is 654. The predicted molar refractivity (Wildman–Crippen MR) is 83.5 cm³/mol. The fourth-order valence-corrected chi connectivity index (χ4v) is 2.98. The van der Waals surface area contributed by atoms with E-state index in [0.29, 0.717) is 12.8 Å². The summed E-state index contributed by atoms with van der Waals surface area (Å²) in [4.78, 5) is 24.9. The minimum Gasteiger partial charge on any atom is -0.492 e. The number of rotatable bonds is 6. The largest absolute Gasteiger partial charge is 0.492 e. The predicted octanol–water partition coefficient (Wildman–Crippen LogP) is 2.81. The van der Waals surface area contributed by atoms with Gasteiger partial charge in [0.25, 0.3) is 11.8 Å². The molecule has 0 aromatic heterocycles. The molecule has 1 saturated heterocycles. The van der Waals surface area contributed by atoms with Crippen LogP contribution in [0.4, 0.5) is 13.2 Å². The van der Waals surface area contributed by atoms with Crippen LogP contribution in [0.15, 0.2) is 23.1 Å². The quantitative estimate of drug-likeness (QED) is 0.452. The van der Waals surface area contributed by atoms with Crippen molar-refractivity contribution >= 4 is 23.6 Å². The molecule has 0 unspecified atom stereocenters. The van der Waals surface area contributed by atoms with Crippen LogP contribution in [0.2, 0.25) is 0 Å². The third-order valence-corrected chi connectivity index (χ3v) is 4.34. The number of likely N-dealkylation sites (tertiary alicyclic amines) is 1. The molecular weight excluding hydrogens is 361 g/mol. The van der Waals surface area contributed by atoms with Gasteiger partial charge in [-0.1, -0.05) is 6.92 Å². The molecule has 1 aromatic rings. The number of hydroxylamine groups is 1. The number of nitrogens with one attached hydrogen (secondary N) is 1. The van der Waals surface area contributed by atoms with Gasteiger partial charge in [0, 0.05) is 12.1 Å². The molecule has 0 spiro atoms. The van der Waals surface area contributed by atoms with Gasteiger partial charge in [-0.2, -0.15) is 13.2 Å². The number of benzene rings is 1. The van der Waals surface area contributed by atoms with Gasteiger partial charge in [0.15, 0.2) is 0 Å². The first kappa shape index (κ1) is 19.4. The summed E-state index contributed by atoms with van der Waals surface area (Å²) < 4.78 is 43.6. The maximum atomic E-state index is 12.8. The van der Waals surface area contributed by atoms with E-state index in [1.807, 2.05) is 6.92 Å². The first-order valence-corrected chi connectivity index (χ1v) is 8.36. The number of hydrogen-bond donors (Lipinski definition) is 2. The Morgan fingerprint density at radius 2 is 2.16 bits per heavy atom. The second kappa shape index (κ2) is 7.96. The van der Waals surface area contributed by atoms with Crippen molar-refractivity contribution in [2.75, 3.05) is 13.2 Å². The lowest BCUT2D eigenvalue weighted by molar-refractivity contribution is -0.137. The number of nitrogens with zero attached hydrogens (tertiary/aromatic N) is 1. The second-order valence-corrected chi connectivity index (χ2v) is 6.44. The van der Waals surface area contributed by atoms with Crippen molar-refractivity contribution in [2.24, 2.45) is 0 Å². The van der Waals surface area contributed by atoms with E-state index < -0.39 is 23.4 Å². The van der Waals surface area contributed by atoms with Crippen molar-refractivity contribution in [2.45, 2.75) is 36.2 Å². The standard InChI is InChI=1S/C15H17F3N2O4S/c1-2-7-24-11-4-3-9(8-12(11)25-15(16,17)18)14(22)20-6-5-10(20)13(21)19-23/h3-4,8,10,23H,2,5-7H2,1H3,(H,19,21)/t10-/m1/s1. The van der Waals surface area contributed by atoms with E-state index in [1.165, 1.54) is 22.5 Å². The Morgan fingerprint density at radius 3 is 2.68 bits per heavy atom. The zero-order chi connectivity index (χ0) is 18.6. The monoisotopic (exact) mass is 378 g/mol. The Labute approximate surface area is 146 Å². The summed E-state index contributed by atoms with van der Waals surface area (Å²) in [5.41, 5.74) is -3.03. The molecule has 0 aliphatic carbocycles.